The molecule has 2 aromatic rings. The van der Waals surface area contributed by atoms with Gasteiger partial charge in [0.25, 0.3) is 0 Å². The normalized spacial score (nSPS) is 12.4. The van der Waals surface area contributed by atoms with Gasteiger partial charge < -0.3 is 9.05 Å². The average Bonchev–Trinajstić information content (AvgIpc) is 2.49. The van der Waals surface area contributed by atoms with Gasteiger partial charge in [0.15, 0.2) is 0 Å². The molecule has 2 nitrogen and oxygen atoms in total. The van der Waals surface area contributed by atoms with E-state index in [1.54, 1.807) is 0 Å². The first-order valence-corrected chi connectivity index (χ1v) is 9.78. The Balaban J connectivity index is 2.23. The lowest BCUT2D eigenvalue weighted by Crippen LogP contribution is -2.18. The Morgan fingerprint density at radius 1 is 0.667 bits per heavy atom. The summed E-state index contributed by atoms with van der Waals surface area (Å²) in [6.07, 6.45) is 0. The van der Waals surface area contributed by atoms with Crippen molar-refractivity contribution < 1.29 is 9.05 Å². The van der Waals surface area contributed by atoms with Gasteiger partial charge in [0.1, 0.15) is 11.5 Å². The Morgan fingerprint density at radius 3 is 1.29 bits per heavy atom. The van der Waals surface area contributed by atoms with Crippen LogP contribution in [0, 0.1) is 0 Å². The predicted octanol–water partition coefficient (Wildman–Crippen LogP) is 5.22. The summed E-state index contributed by atoms with van der Waals surface area (Å²) in [5.74, 6) is 1.87. The monoisotopic (exact) mass is 320 g/mol. The molecule has 0 radical (unpaired) electrons. The van der Waals surface area contributed by atoms with E-state index in [-0.39, 0.29) is 5.41 Å². The topological polar surface area (TPSA) is 18.5 Å². The van der Waals surface area contributed by atoms with Gasteiger partial charge in [-0.05, 0) is 48.7 Å². The SMILES string of the molecule is CPOc1ccc(C(C)(C)c2ccc(OPC)cc2)cc1. The van der Waals surface area contributed by atoms with Crippen LogP contribution in [0.1, 0.15) is 25.0 Å². The molecule has 4 heteroatoms. The maximum absolute atomic E-state index is 5.53. The fraction of sp³-hybridized carbons (Fsp3) is 0.294. The predicted molar refractivity (Wildman–Crippen MR) is 94.7 cm³/mol. The van der Waals surface area contributed by atoms with Crippen LogP contribution in [-0.4, -0.2) is 13.3 Å². The zero-order valence-electron chi connectivity index (χ0n) is 12.9. The Kier molecular flexibility index (Phi) is 5.62. The molecule has 0 heterocycles. The maximum atomic E-state index is 5.53. The molecule has 2 rings (SSSR count). The second-order valence-corrected chi connectivity index (χ2v) is 6.51. The number of rotatable bonds is 6. The van der Waals surface area contributed by atoms with Crippen LogP contribution >= 0.6 is 17.6 Å². The minimum Gasteiger partial charge on any atom is -0.477 e. The fourth-order valence-corrected chi connectivity index (χ4v) is 3.03. The number of hydrogen-bond donors (Lipinski definition) is 0. The summed E-state index contributed by atoms with van der Waals surface area (Å²) in [6.45, 7) is 8.53. The molecule has 0 saturated carbocycles. The van der Waals surface area contributed by atoms with Crippen molar-refractivity contribution in [2.24, 2.45) is 0 Å². The summed E-state index contributed by atoms with van der Waals surface area (Å²) in [5.41, 5.74) is 2.51. The molecule has 2 aromatic carbocycles. The van der Waals surface area contributed by atoms with Crippen molar-refractivity contribution in [2.75, 3.05) is 13.3 Å². The van der Waals surface area contributed by atoms with Gasteiger partial charge in [-0.15, -0.1) is 0 Å². The van der Waals surface area contributed by atoms with E-state index in [9.17, 15) is 0 Å². The van der Waals surface area contributed by atoms with E-state index in [1.165, 1.54) is 11.1 Å². The highest BCUT2D eigenvalue weighted by atomic mass is 31.1. The van der Waals surface area contributed by atoms with Crippen LogP contribution in [0.2, 0.25) is 0 Å². The van der Waals surface area contributed by atoms with E-state index in [1.807, 2.05) is 37.6 Å². The minimum atomic E-state index is -0.0416. The zero-order valence-corrected chi connectivity index (χ0v) is 14.9. The Morgan fingerprint density at radius 2 is 1.00 bits per heavy atom. The molecule has 0 fully saturated rings. The Bertz CT molecular complexity index is 511. The maximum Gasteiger partial charge on any atom is 0.122 e. The molecular formula is C17H22O2P2. The van der Waals surface area contributed by atoms with Gasteiger partial charge in [-0.1, -0.05) is 38.1 Å². The molecule has 0 aliphatic rings. The Hall–Kier alpha value is -1.10. The highest BCUT2D eigenvalue weighted by molar-refractivity contribution is 7.31. The average molecular weight is 320 g/mol. The smallest absolute Gasteiger partial charge is 0.122 e. The molecule has 112 valence electrons. The first-order chi connectivity index (χ1) is 10.1. The van der Waals surface area contributed by atoms with E-state index in [0.29, 0.717) is 17.6 Å². The van der Waals surface area contributed by atoms with Crippen LogP contribution in [0.15, 0.2) is 48.5 Å². The molecule has 2 unspecified atom stereocenters. The van der Waals surface area contributed by atoms with Crippen molar-refractivity contribution in [1.82, 2.24) is 0 Å². The van der Waals surface area contributed by atoms with Crippen molar-refractivity contribution >= 4 is 17.6 Å². The molecule has 21 heavy (non-hydrogen) atoms. The summed E-state index contributed by atoms with van der Waals surface area (Å²) in [6, 6.07) is 16.8. The van der Waals surface area contributed by atoms with Gasteiger partial charge in [0, 0.05) is 5.41 Å². The molecule has 2 atom stereocenters. The molecule has 0 N–H and O–H groups in total. The number of hydrogen-bond acceptors (Lipinski definition) is 2. The first kappa shape index (κ1) is 16.3. The standard InChI is InChI=1S/C17H22O2P2/c1-17(2,13-5-9-15(10-6-13)18-20-3)14-7-11-16(12-8-14)19-21-4/h5-12,20-21H,1-4H3. The van der Waals surface area contributed by atoms with Gasteiger partial charge in [-0.25, -0.2) is 0 Å². The van der Waals surface area contributed by atoms with Crippen LogP contribution in [0.25, 0.3) is 0 Å². The highest BCUT2D eigenvalue weighted by Gasteiger charge is 2.23. The van der Waals surface area contributed by atoms with Gasteiger partial charge >= 0.3 is 0 Å². The third-order valence-electron chi connectivity index (χ3n) is 3.59. The largest absolute Gasteiger partial charge is 0.477 e. The van der Waals surface area contributed by atoms with Crippen molar-refractivity contribution in [3.8, 4) is 11.5 Å². The van der Waals surface area contributed by atoms with Crippen molar-refractivity contribution in [3.63, 3.8) is 0 Å². The summed E-state index contributed by atoms with van der Waals surface area (Å²) in [4.78, 5) is 0. The summed E-state index contributed by atoms with van der Waals surface area (Å²) in [7, 11) is 0.953. The minimum absolute atomic E-state index is 0.0416. The van der Waals surface area contributed by atoms with E-state index in [4.69, 9.17) is 9.05 Å². The van der Waals surface area contributed by atoms with Gasteiger partial charge in [-0.2, -0.15) is 0 Å². The van der Waals surface area contributed by atoms with Crippen molar-refractivity contribution in [3.05, 3.63) is 59.7 Å². The van der Waals surface area contributed by atoms with Crippen LogP contribution < -0.4 is 9.05 Å². The molecular weight excluding hydrogens is 298 g/mol. The number of benzene rings is 2. The Labute approximate surface area is 131 Å². The van der Waals surface area contributed by atoms with Crippen molar-refractivity contribution in [1.29, 1.82) is 0 Å². The second-order valence-electron chi connectivity index (χ2n) is 5.29. The first-order valence-electron chi connectivity index (χ1n) is 6.96. The zero-order chi connectivity index (χ0) is 15.3. The molecule has 0 spiro atoms. The van der Waals surface area contributed by atoms with Gasteiger partial charge in [0.2, 0.25) is 0 Å². The van der Waals surface area contributed by atoms with Crippen LogP contribution in [0.4, 0.5) is 0 Å². The van der Waals surface area contributed by atoms with E-state index in [0.717, 1.165) is 11.5 Å². The lowest BCUT2D eigenvalue weighted by molar-refractivity contribution is 0.616. The second kappa shape index (κ2) is 7.25. The third-order valence-corrected chi connectivity index (χ3v) is 4.47. The third kappa shape index (κ3) is 3.96. The molecule has 0 aliphatic heterocycles. The van der Waals surface area contributed by atoms with E-state index in [2.05, 4.69) is 38.1 Å². The summed E-state index contributed by atoms with van der Waals surface area (Å²) in [5, 5.41) is 0. The van der Waals surface area contributed by atoms with Gasteiger partial charge in [-0.3, -0.25) is 0 Å². The molecule has 0 amide bonds. The lowest BCUT2D eigenvalue weighted by atomic mass is 9.78. The van der Waals surface area contributed by atoms with Crippen LogP contribution in [-0.2, 0) is 5.41 Å². The molecule has 0 bridgehead atoms. The van der Waals surface area contributed by atoms with Crippen LogP contribution in [0.3, 0.4) is 0 Å². The molecule has 0 aromatic heterocycles. The van der Waals surface area contributed by atoms with Crippen LogP contribution in [0.5, 0.6) is 11.5 Å². The quantitative estimate of drug-likeness (QED) is 0.680. The summed E-state index contributed by atoms with van der Waals surface area (Å²) < 4.78 is 11.1. The highest BCUT2D eigenvalue weighted by Crippen LogP contribution is 2.34. The molecule has 0 aliphatic carbocycles. The van der Waals surface area contributed by atoms with Crippen molar-refractivity contribution in [2.45, 2.75) is 19.3 Å². The molecule has 0 saturated heterocycles. The summed E-state index contributed by atoms with van der Waals surface area (Å²) >= 11 is 0. The van der Waals surface area contributed by atoms with Gasteiger partial charge in [0.05, 0.1) is 17.6 Å². The van der Waals surface area contributed by atoms with E-state index >= 15 is 0 Å². The lowest BCUT2D eigenvalue weighted by Gasteiger charge is -2.26. The fourth-order valence-electron chi connectivity index (χ4n) is 2.28. The van der Waals surface area contributed by atoms with E-state index < -0.39 is 0 Å².